The number of carbonyl (C=O) groups is 1. The molecule has 20 heavy (non-hydrogen) atoms. The van der Waals surface area contributed by atoms with Crippen molar-refractivity contribution < 1.29 is 9.90 Å². The van der Waals surface area contributed by atoms with Gasteiger partial charge in [0.05, 0.1) is 12.1 Å². The van der Waals surface area contributed by atoms with Crippen LogP contribution >= 0.6 is 0 Å². The number of aliphatic hydroxyl groups excluding tert-OH is 1. The second-order valence-electron chi connectivity index (χ2n) is 5.06. The maximum atomic E-state index is 12.1. The molecule has 7 nitrogen and oxygen atoms in total. The molecule has 0 radical (unpaired) electrons. The number of amides is 1. The smallest absolute Gasteiger partial charge is 0.251 e. The van der Waals surface area contributed by atoms with Gasteiger partial charge >= 0.3 is 0 Å². The summed E-state index contributed by atoms with van der Waals surface area (Å²) in [5.41, 5.74) is 0.913. The van der Waals surface area contributed by atoms with Crippen molar-refractivity contribution in [3.63, 3.8) is 0 Å². The van der Waals surface area contributed by atoms with E-state index in [2.05, 4.69) is 25.9 Å². The first-order valence-corrected chi connectivity index (χ1v) is 6.50. The number of nitrogens with one attached hydrogen (secondary N) is 2. The Labute approximate surface area is 115 Å². The standard InChI is InChI=1S/C13H15N5O2/c19-8-13(6-1-7-13)14-12(20)10-4-2-9(3-5-10)11-15-17-18-16-11/h2-5,19H,1,6-8H2,(H,14,20)(H,15,16,17,18). The maximum Gasteiger partial charge on any atom is 0.251 e. The number of nitrogens with zero attached hydrogens (tertiary/aromatic N) is 3. The van der Waals surface area contributed by atoms with Crippen LogP contribution < -0.4 is 5.32 Å². The van der Waals surface area contributed by atoms with Gasteiger partial charge in [-0.05, 0) is 36.6 Å². The highest BCUT2D eigenvalue weighted by Gasteiger charge is 2.37. The van der Waals surface area contributed by atoms with Gasteiger partial charge in [0.15, 0.2) is 0 Å². The number of rotatable bonds is 4. The molecule has 104 valence electrons. The zero-order valence-electron chi connectivity index (χ0n) is 10.8. The molecule has 7 heteroatoms. The van der Waals surface area contributed by atoms with Crippen LogP contribution in [0.1, 0.15) is 29.6 Å². The molecule has 0 saturated heterocycles. The fourth-order valence-electron chi connectivity index (χ4n) is 2.29. The first-order chi connectivity index (χ1) is 9.72. The molecule has 3 rings (SSSR count). The molecular formula is C13H15N5O2. The number of tetrazole rings is 1. The van der Waals surface area contributed by atoms with Gasteiger partial charge in [-0.2, -0.15) is 5.21 Å². The maximum absolute atomic E-state index is 12.1. The molecular weight excluding hydrogens is 258 g/mol. The van der Waals surface area contributed by atoms with Gasteiger partial charge in [-0.3, -0.25) is 4.79 Å². The van der Waals surface area contributed by atoms with Gasteiger partial charge in [0.2, 0.25) is 5.82 Å². The van der Waals surface area contributed by atoms with Crippen LogP contribution in [0.15, 0.2) is 24.3 Å². The Kier molecular flexibility index (Phi) is 3.19. The summed E-state index contributed by atoms with van der Waals surface area (Å²) in [7, 11) is 0. The van der Waals surface area contributed by atoms with Gasteiger partial charge in [0.25, 0.3) is 5.91 Å². The number of carbonyl (C=O) groups excluding carboxylic acids is 1. The van der Waals surface area contributed by atoms with E-state index in [1.165, 1.54) is 0 Å². The van der Waals surface area contributed by atoms with Crippen LogP contribution in [0.3, 0.4) is 0 Å². The summed E-state index contributed by atoms with van der Waals surface area (Å²) in [6, 6.07) is 6.97. The Hall–Kier alpha value is -2.28. The summed E-state index contributed by atoms with van der Waals surface area (Å²) in [4.78, 5) is 12.1. The normalized spacial score (nSPS) is 16.4. The Morgan fingerprint density at radius 1 is 1.35 bits per heavy atom. The van der Waals surface area contributed by atoms with E-state index < -0.39 is 5.54 Å². The fourth-order valence-corrected chi connectivity index (χ4v) is 2.29. The van der Waals surface area contributed by atoms with Crippen molar-refractivity contribution in [2.45, 2.75) is 24.8 Å². The lowest BCUT2D eigenvalue weighted by atomic mass is 9.77. The summed E-state index contributed by atoms with van der Waals surface area (Å²) in [5.74, 6) is 0.321. The first kappa shape index (κ1) is 12.7. The lowest BCUT2D eigenvalue weighted by Crippen LogP contribution is -2.56. The third kappa shape index (κ3) is 2.27. The molecule has 0 aliphatic heterocycles. The van der Waals surface area contributed by atoms with Crippen molar-refractivity contribution in [3.8, 4) is 11.4 Å². The lowest BCUT2D eigenvalue weighted by molar-refractivity contribution is 0.0641. The largest absolute Gasteiger partial charge is 0.394 e. The lowest BCUT2D eigenvalue weighted by Gasteiger charge is -2.40. The molecule has 0 bridgehead atoms. The number of aliphatic hydroxyl groups is 1. The van der Waals surface area contributed by atoms with Crippen LogP contribution in [0.25, 0.3) is 11.4 Å². The van der Waals surface area contributed by atoms with Gasteiger partial charge in [0.1, 0.15) is 0 Å². The minimum absolute atomic E-state index is 0.0142. The average molecular weight is 273 g/mol. The zero-order chi connectivity index (χ0) is 14.0. The summed E-state index contributed by atoms with van der Waals surface area (Å²) < 4.78 is 0. The number of aromatic amines is 1. The quantitative estimate of drug-likeness (QED) is 0.753. The highest BCUT2D eigenvalue weighted by Crippen LogP contribution is 2.31. The van der Waals surface area contributed by atoms with Crippen LogP contribution in [0.5, 0.6) is 0 Å². The van der Waals surface area contributed by atoms with Crippen LogP contribution in [-0.4, -0.2) is 43.8 Å². The molecule has 0 atom stereocenters. The summed E-state index contributed by atoms with van der Waals surface area (Å²) in [5, 5.41) is 25.9. The molecule has 1 aromatic heterocycles. The molecule has 1 amide bonds. The predicted molar refractivity (Wildman–Crippen MR) is 70.7 cm³/mol. The third-order valence-corrected chi connectivity index (χ3v) is 3.74. The summed E-state index contributed by atoms with van der Waals surface area (Å²) in [6.07, 6.45) is 2.70. The molecule has 2 aromatic rings. The highest BCUT2D eigenvalue weighted by molar-refractivity contribution is 5.95. The Balaban J connectivity index is 1.73. The molecule has 1 aromatic carbocycles. The van der Waals surface area contributed by atoms with E-state index in [9.17, 15) is 9.90 Å². The Morgan fingerprint density at radius 3 is 2.60 bits per heavy atom. The monoisotopic (exact) mass is 273 g/mol. The minimum atomic E-state index is -0.427. The van der Waals surface area contributed by atoms with E-state index in [0.717, 1.165) is 24.8 Å². The van der Waals surface area contributed by atoms with Crippen molar-refractivity contribution in [2.24, 2.45) is 0 Å². The summed E-state index contributed by atoms with van der Waals surface area (Å²) >= 11 is 0. The molecule has 1 saturated carbocycles. The van der Waals surface area contributed by atoms with Crippen molar-refractivity contribution in [1.82, 2.24) is 25.9 Å². The summed E-state index contributed by atoms with van der Waals surface area (Å²) in [6.45, 7) is -0.0142. The van der Waals surface area contributed by atoms with Gasteiger partial charge in [-0.15, -0.1) is 10.2 Å². The topological polar surface area (TPSA) is 104 Å². The number of aromatic nitrogens is 4. The molecule has 1 fully saturated rings. The van der Waals surface area contributed by atoms with Crippen molar-refractivity contribution in [1.29, 1.82) is 0 Å². The predicted octanol–water partition coefficient (Wildman–Crippen LogP) is 0.511. The van der Waals surface area contributed by atoms with Crippen molar-refractivity contribution in [2.75, 3.05) is 6.61 Å². The van der Waals surface area contributed by atoms with Gasteiger partial charge in [-0.1, -0.05) is 12.1 Å². The van der Waals surface area contributed by atoms with E-state index in [4.69, 9.17) is 0 Å². The van der Waals surface area contributed by atoms with Crippen molar-refractivity contribution >= 4 is 5.91 Å². The highest BCUT2D eigenvalue weighted by atomic mass is 16.3. The minimum Gasteiger partial charge on any atom is -0.394 e. The van der Waals surface area contributed by atoms with E-state index in [1.807, 2.05) is 0 Å². The van der Waals surface area contributed by atoms with Gasteiger partial charge in [-0.25, -0.2) is 0 Å². The molecule has 1 aliphatic rings. The van der Waals surface area contributed by atoms with Crippen LogP contribution in [0.2, 0.25) is 0 Å². The van der Waals surface area contributed by atoms with Crippen LogP contribution in [0.4, 0.5) is 0 Å². The third-order valence-electron chi connectivity index (χ3n) is 3.74. The number of hydrogen-bond acceptors (Lipinski definition) is 5. The molecule has 3 N–H and O–H groups in total. The van der Waals surface area contributed by atoms with E-state index in [-0.39, 0.29) is 12.5 Å². The second-order valence-corrected chi connectivity index (χ2v) is 5.06. The van der Waals surface area contributed by atoms with Crippen molar-refractivity contribution in [3.05, 3.63) is 29.8 Å². The van der Waals surface area contributed by atoms with Crippen LogP contribution in [0, 0.1) is 0 Å². The Bertz CT molecular complexity index is 584. The van der Waals surface area contributed by atoms with E-state index in [0.29, 0.717) is 11.4 Å². The number of H-pyrrole nitrogens is 1. The SMILES string of the molecule is O=C(NC1(CO)CCC1)c1ccc(-c2nn[nH]n2)cc1. The fraction of sp³-hybridized carbons (Fsp3) is 0.385. The average Bonchev–Trinajstić information content (AvgIpc) is 2.97. The Morgan fingerprint density at radius 2 is 2.10 bits per heavy atom. The van der Waals surface area contributed by atoms with Gasteiger partial charge < -0.3 is 10.4 Å². The first-order valence-electron chi connectivity index (χ1n) is 6.50. The number of hydrogen-bond donors (Lipinski definition) is 3. The van der Waals surface area contributed by atoms with Gasteiger partial charge in [0, 0.05) is 11.1 Å². The molecule has 0 spiro atoms. The molecule has 1 aliphatic carbocycles. The number of benzene rings is 1. The zero-order valence-corrected chi connectivity index (χ0v) is 10.8. The second kappa shape index (κ2) is 5.01. The molecule has 1 heterocycles. The van der Waals surface area contributed by atoms with E-state index >= 15 is 0 Å². The van der Waals surface area contributed by atoms with Crippen LogP contribution in [-0.2, 0) is 0 Å². The van der Waals surface area contributed by atoms with E-state index in [1.54, 1.807) is 24.3 Å². The molecule has 0 unspecified atom stereocenters.